The van der Waals surface area contributed by atoms with E-state index in [1.165, 1.54) is 11.3 Å². The molecule has 3 N–H and O–H groups in total. The van der Waals surface area contributed by atoms with E-state index in [-0.39, 0.29) is 0 Å². The number of para-hydroxylation sites is 1. The first-order chi connectivity index (χ1) is 5.40. The van der Waals surface area contributed by atoms with Crippen LogP contribution < -0.4 is 11.1 Å². The van der Waals surface area contributed by atoms with E-state index in [9.17, 15) is 0 Å². The SMILES string of the molecule is NC[C@@H]1Cc2ccccc2N1. The molecule has 1 aromatic carbocycles. The van der Waals surface area contributed by atoms with Crippen molar-refractivity contribution in [2.45, 2.75) is 12.5 Å². The third-order valence-electron chi connectivity index (χ3n) is 2.13. The van der Waals surface area contributed by atoms with Gasteiger partial charge in [-0.25, -0.2) is 0 Å². The van der Waals surface area contributed by atoms with Crippen LogP contribution in [0.3, 0.4) is 0 Å². The number of fused-ring (bicyclic) bond motifs is 1. The van der Waals surface area contributed by atoms with Gasteiger partial charge in [-0.15, -0.1) is 0 Å². The summed E-state index contributed by atoms with van der Waals surface area (Å²) in [6.07, 6.45) is 1.08. The Morgan fingerprint density at radius 2 is 2.27 bits per heavy atom. The summed E-state index contributed by atoms with van der Waals surface area (Å²) in [5.74, 6) is 0. The molecule has 1 aromatic rings. The molecule has 2 heteroatoms. The number of nitrogens with two attached hydrogens (primary N) is 1. The maximum Gasteiger partial charge on any atom is 0.0424 e. The van der Waals surface area contributed by atoms with Gasteiger partial charge in [-0.1, -0.05) is 18.2 Å². The summed E-state index contributed by atoms with van der Waals surface area (Å²) in [5, 5.41) is 3.36. The average molecular weight is 148 g/mol. The van der Waals surface area contributed by atoms with Gasteiger partial charge in [0.05, 0.1) is 0 Å². The number of anilines is 1. The smallest absolute Gasteiger partial charge is 0.0424 e. The number of hydrogen-bond acceptors (Lipinski definition) is 2. The highest BCUT2D eigenvalue weighted by Gasteiger charge is 2.17. The maximum atomic E-state index is 5.55. The summed E-state index contributed by atoms with van der Waals surface area (Å²) in [5.41, 5.74) is 8.20. The van der Waals surface area contributed by atoms with Gasteiger partial charge >= 0.3 is 0 Å². The molecule has 1 atom stereocenters. The van der Waals surface area contributed by atoms with E-state index in [1.807, 2.05) is 6.07 Å². The Morgan fingerprint density at radius 1 is 1.45 bits per heavy atom. The minimum atomic E-state index is 0.451. The molecule has 0 amide bonds. The van der Waals surface area contributed by atoms with Crippen molar-refractivity contribution in [3.05, 3.63) is 29.8 Å². The molecule has 1 aliphatic heterocycles. The molecule has 11 heavy (non-hydrogen) atoms. The molecule has 2 nitrogen and oxygen atoms in total. The van der Waals surface area contributed by atoms with Crippen LogP contribution in [-0.2, 0) is 6.42 Å². The molecule has 0 radical (unpaired) electrons. The standard InChI is InChI=1S/C9H12N2/c10-6-8-5-7-3-1-2-4-9(7)11-8/h1-4,8,11H,5-6,10H2/t8-/m0/s1. The van der Waals surface area contributed by atoms with Crippen molar-refractivity contribution < 1.29 is 0 Å². The summed E-state index contributed by atoms with van der Waals surface area (Å²) < 4.78 is 0. The van der Waals surface area contributed by atoms with Crippen molar-refractivity contribution in [2.24, 2.45) is 5.73 Å². The predicted octanol–water partition coefficient (Wildman–Crippen LogP) is 0.982. The van der Waals surface area contributed by atoms with Crippen LogP contribution >= 0.6 is 0 Å². The summed E-state index contributed by atoms with van der Waals surface area (Å²) in [6, 6.07) is 8.82. The van der Waals surface area contributed by atoms with Crippen LogP contribution in [0, 0.1) is 0 Å². The van der Waals surface area contributed by atoms with Crippen molar-refractivity contribution >= 4 is 5.69 Å². The molecule has 0 unspecified atom stereocenters. The second kappa shape index (κ2) is 2.55. The van der Waals surface area contributed by atoms with Gasteiger partial charge in [-0.3, -0.25) is 0 Å². The second-order valence-corrected chi connectivity index (χ2v) is 2.94. The molecule has 58 valence electrons. The van der Waals surface area contributed by atoms with E-state index in [1.54, 1.807) is 0 Å². The molecule has 0 spiro atoms. The van der Waals surface area contributed by atoms with Gasteiger partial charge < -0.3 is 11.1 Å². The van der Waals surface area contributed by atoms with Gasteiger partial charge in [0.2, 0.25) is 0 Å². The fourth-order valence-corrected chi connectivity index (χ4v) is 1.52. The summed E-state index contributed by atoms with van der Waals surface area (Å²) in [7, 11) is 0. The topological polar surface area (TPSA) is 38.0 Å². The third kappa shape index (κ3) is 1.10. The van der Waals surface area contributed by atoms with E-state index < -0.39 is 0 Å². The normalized spacial score (nSPS) is 21.0. The first-order valence-corrected chi connectivity index (χ1v) is 3.94. The molecule has 0 fully saturated rings. The Hall–Kier alpha value is -1.02. The van der Waals surface area contributed by atoms with E-state index in [4.69, 9.17) is 5.73 Å². The van der Waals surface area contributed by atoms with Gasteiger partial charge in [0, 0.05) is 18.3 Å². The molecule has 0 saturated carbocycles. The van der Waals surface area contributed by atoms with Crippen LogP contribution in [0.25, 0.3) is 0 Å². The summed E-state index contributed by atoms with van der Waals surface area (Å²) in [6.45, 7) is 0.717. The number of nitrogens with one attached hydrogen (secondary N) is 1. The molecule has 0 aromatic heterocycles. The quantitative estimate of drug-likeness (QED) is 0.623. The van der Waals surface area contributed by atoms with Gasteiger partial charge in [0.25, 0.3) is 0 Å². The molecule has 1 aliphatic rings. The first kappa shape index (κ1) is 6.68. The lowest BCUT2D eigenvalue weighted by Gasteiger charge is -2.05. The highest BCUT2D eigenvalue weighted by atomic mass is 15.0. The van der Waals surface area contributed by atoms with Crippen LogP contribution in [0.1, 0.15) is 5.56 Å². The fraction of sp³-hybridized carbons (Fsp3) is 0.333. The van der Waals surface area contributed by atoms with Crippen molar-refractivity contribution in [3.8, 4) is 0 Å². The highest BCUT2D eigenvalue weighted by molar-refractivity contribution is 5.56. The second-order valence-electron chi connectivity index (χ2n) is 2.94. The molecule has 2 rings (SSSR count). The predicted molar refractivity (Wildman–Crippen MR) is 46.6 cm³/mol. The monoisotopic (exact) mass is 148 g/mol. The Labute approximate surface area is 66.4 Å². The lowest BCUT2D eigenvalue weighted by Crippen LogP contribution is -2.25. The first-order valence-electron chi connectivity index (χ1n) is 3.94. The number of hydrogen-bond donors (Lipinski definition) is 2. The van der Waals surface area contributed by atoms with Crippen LogP contribution in [0.2, 0.25) is 0 Å². The van der Waals surface area contributed by atoms with E-state index in [0.29, 0.717) is 12.6 Å². The molecular weight excluding hydrogens is 136 g/mol. The molecule has 1 heterocycles. The van der Waals surface area contributed by atoms with Crippen molar-refractivity contribution in [1.82, 2.24) is 0 Å². The van der Waals surface area contributed by atoms with Gasteiger partial charge in [-0.05, 0) is 18.1 Å². The lowest BCUT2D eigenvalue weighted by atomic mass is 10.1. The van der Waals surface area contributed by atoms with Crippen molar-refractivity contribution in [3.63, 3.8) is 0 Å². The zero-order valence-corrected chi connectivity index (χ0v) is 6.38. The third-order valence-corrected chi connectivity index (χ3v) is 2.13. The Morgan fingerprint density at radius 3 is 3.00 bits per heavy atom. The van der Waals surface area contributed by atoms with Gasteiger partial charge in [-0.2, -0.15) is 0 Å². The number of benzene rings is 1. The fourth-order valence-electron chi connectivity index (χ4n) is 1.52. The van der Waals surface area contributed by atoms with Crippen LogP contribution in [-0.4, -0.2) is 12.6 Å². The highest BCUT2D eigenvalue weighted by Crippen LogP contribution is 2.24. The van der Waals surface area contributed by atoms with Crippen molar-refractivity contribution in [2.75, 3.05) is 11.9 Å². The summed E-state index contributed by atoms with van der Waals surface area (Å²) in [4.78, 5) is 0. The van der Waals surface area contributed by atoms with Crippen molar-refractivity contribution in [1.29, 1.82) is 0 Å². The molecule has 0 bridgehead atoms. The van der Waals surface area contributed by atoms with Gasteiger partial charge in [0.1, 0.15) is 0 Å². The van der Waals surface area contributed by atoms with Crippen LogP contribution in [0.15, 0.2) is 24.3 Å². The van der Waals surface area contributed by atoms with Crippen LogP contribution in [0.4, 0.5) is 5.69 Å². The average Bonchev–Trinajstić information content (AvgIpc) is 2.46. The zero-order chi connectivity index (χ0) is 7.68. The Kier molecular flexibility index (Phi) is 1.55. The molecule has 0 saturated heterocycles. The Bertz CT molecular complexity index is 232. The number of rotatable bonds is 1. The minimum absolute atomic E-state index is 0.451. The lowest BCUT2D eigenvalue weighted by molar-refractivity contribution is 0.760. The molecular formula is C9H12N2. The van der Waals surface area contributed by atoms with E-state index in [2.05, 4.69) is 23.5 Å². The van der Waals surface area contributed by atoms with Gasteiger partial charge in [0.15, 0.2) is 0 Å². The summed E-state index contributed by atoms with van der Waals surface area (Å²) >= 11 is 0. The maximum absolute atomic E-state index is 5.55. The van der Waals surface area contributed by atoms with Crippen LogP contribution in [0.5, 0.6) is 0 Å². The van der Waals surface area contributed by atoms with E-state index in [0.717, 1.165) is 6.42 Å². The molecule has 0 aliphatic carbocycles. The Balaban J connectivity index is 2.27. The zero-order valence-electron chi connectivity index (χ0n) is 6.38. The largest absolute Gasteiger partial charge is 0.380 e. The van der Waals surface area contributed by atoms with E-state index >= 15 is 0 Å². The minimum Gasteiger partial charge on any atom is -0.380 e.